The fourth-order valence-corrected chi connectivity index (χ4v) is 1.07. The molecule has 78 valence electrons. The van der Waals surface area contributed by atoms with Gasteiger partial charge in [-0.25, -0.2) is 0 Å². The smallest absolute Gasteiger partial charge is 0.330 e. The van der Waals surface area contributed by atoms with Gasteiger partial charge in [0, 0.05) is 6.42 Å². The Kier molecular flexibility index (Phi) is 5.60. The van der Waals surface area contributed by atoms with E-state index < -0.39 is 16.4 Å². The summed E-state index contributed by atoms with van der Waals surface area (Å²) in [6.45, 7) is 0.535. The lowest BCUT2D eigenvalue weighted by molar-refractivity contribution is -0.134. The second-order valence-corrected chi connectivity index (χ2v) is 3.50. The molecule has 0 aromatic heterocycles. The van der Waals surface area contributed by atoms with Crippen LogP contribution in [0.3, 0.4) is 0 Å². The van der Waals surface area contributed by atoms with E-state index in [2.05, 4.69) is 4.18 Å². The minimum Gasteiger partial charge on any atom is -0.330 e. The molecule has 0 rings (SSSR count). The van der Waals surface area contributed by atoms with Gasteiger partial charge in [-0.2, -0.15) is 8.42 Å². The summed E-state index contributed by atoms with van der Waals surface area (Å²) in [6.07, 6.45) is 1.99. The fourth-order valence-electron chi connectivity index (χ4n) is 0.750. The van der Waals surface area contributed by atoms with Crippen LogP contribution in [0.25, 0.3) is 0 Å². The first-order chi connectivity index (χ1) is 5.95. The molecule has 0 aliphatic carbocycles. The Labute approximate surface area is 77.0 Å². The van der Waals surface area contributed by atoms with Crippen molar-refractivity contribution in [3.05, 3.63) is 0 Å². The van der Waals surface area contributed by atoms with Crippen LogP contribution in [0.2, 0.25) is 0 Å². The molecule has 6 nitrogen and oxygen atoms in total. The first-order valence-electron chi connectivity index (χ1n) is 3.85. The van der Waals surface area contributed by atoms with Crippen molar-refractivity contribution in [3.8, 4) is 0 Å². The van der Waals surface area contributed by atoms with E-state index in [0.29, 0.717) is 13.0 Å². The van der Waals surface area contributed by atoms with Crippen molar-refractivity contribution in [1.29, 1.82) is 0 Å². The number of rotatable bonds is 6. The predicted molar refractivity (Wildman–Crippen MR) is 45.2 cm³/mol. The normalized spacial score (nSPS) is 11.2. The summed E-state index contributed by atoms with van der Waals surface area (Å²) in [7, 11) is -4.64. The standard InChI is InChI=1S/C6H13NO5S/c7-5-3-1-2-4-6(8)12-13(9,10)11/h1-5,7H2,(H,9,10,11). The molecule has 0 fully saturated rings. The number of nitrogens with two attached hydrogens (primary N) is 1. The third-order valence-electron chi connectivity index (χ3n) is 1.28. The van der Waals surface area contributed by atoms with Crippen LogP contribution in [-0.2, 0) is 19.4 Å². The van der Waals surface area contributed by atoms with E-state index in [4.69, 9.17) is 10.3 Å². The van der Waals surface area contributed by atoms with Crippen molar-refractivity contribution < 1.29 is 21.9 Å². The third kappa shape index (κ3) is 9.25. The largest absolute Gasteiger partial charge is 0.448 e. The molecule has 3 N–H and O–H groups in total. The Morgan fingerprint density at radius 1 is 1.31 bits per heavy atom. The topological polar surface area (TPSA) is 107 Å². The lowest BCUT2D eigenvalue weighted by Gasteiger charge is -1.99. The van der Waals surface area contributed by atoms with Gasteiger partial charge in [0.1, 0.15) is 0 Å². The first-order valence-corrected chi connectivity index (χ1v) is 5.22. The zero-order valence-corrected chi connectivity index (χ0v) is 7.92. The van der Waals surface area contributed by atoms with Gasteiger partial charge in [0.15, 0.2) is 0 Å². The molecule has 0 heterocycles. The first kappa shape index (κ1) is 12.3. The highest BCUT2D eigenvalue weighted by atomic mass is 32.3. The summed E-state index contributed by atoms with van der Waals surface area (Å²) >= 11 is 0. The Morgan fingerprint density at radius 3 is 2.38 bits per heavy atom. The van der Waals surface area contributed by atoms with Gasteiger partial charge in [0.05, 0.1) is 0 Å². The summed E-state index contributed by atoms with van der Waals surface area (Å²) in [6, 6.07) is 0. The van der Waals surface area contributed by atoms with E-state index in [-0.39, 0.29) is 6.42 Å². The van der Waals surface area contributed by atoms with Crippen molar-refractivity contribution >= 4 is 16.4 Å². The summed E-state index contributed by atoms with van der Waals surface area (Å²) < 4.78 is 31.8. The summed E-state index contributed by atoms with van der Waals surface area (Å²) in [5, 5.41) is 0. The number of hydrogen-bond acceptors (Lipinski definition) is 5. The summed E-state index contributed by atoms with van der Waals surface area (Å²) in [4.78, 5) is 10.6. The van der Waals surface area contributed by atoms with E-state index >= 15 is 0 Å². The van der Waals surface area contributed by atoms with Gasteiger partial charge >= 0.3 is 16.4 Å². The Hall–Kier alpha value is -0.660. The Morgan fingerprint density at radius 2 is 1.92 bits per heavy atom. The molecule has 0 aliphatic heterocycles. The molecule has 7 heteroatoms. The van der Waals surface area contributed by atoms with Crippen molar-refractivity contribution in [2.75, 3.05) is 6.54 Å². The number of hydrogen-bond donors (Lipinski definition) is 2. The number of carbonyl (C=O) groups excluding carboxylic acids is 1. The van der Waals surface area contributed by atoms with E-state index in [1.807, 2.05) is 0 Å². The molecule has 0 aromatic carbocycles. The lowest BCUT2D eigenvalue weighted by Crippen LogP contribution is -2.11. The molecule has 0 aliphatic rings. The molecular weight excluding hydrogens is 198 g/mol. The van der Waals surface area contributed by atoms with E-state index in [1.54, 1.807) is 0 Å². The second-order valence-electron chi connectivity index (χ2n) is 2.48. The maximum atomic E-state index is 10.6. The van der Waals surface area contributed by atoms with Gasteiger partial charge < -0.3 is 9.92 Å². The van der Waals surface area contributed by atoms with E-state index in [9.17, 15) is 13.2 Å². The van der Waals surface area contributed by atoms with Crippen LogP contribution in [-0.4, -0.2) is 25.5 Å². The predicted octanol–water partition coefficient (Wildman–Crippen LogP) is -0.148. The van der Waals surface area contributed by atoms with Crippen LogP contribution in [0.5, 0.6) is 0 Å². The Bertz CT molecular complexity index is 248. The van der Waals surface area contributed by atoms with E-state index in [1.165, 1.54) is 0 Å². The molecule has 0 spiro atoms. The van der Waals surface area contributed by atoms with Crippen molar-refractivity contribution in [3.63, 3.8) is 0 Å². The van der Waals surface area contributed by atoms with Gasteiger partial charge in [0.25, 0.3) is 0 Å². The second kappa shape index (κ2) is 5.90. The molecule has 0 radical (unpaired) electrons. The van der Waals surface area contributed by atoms with Gasteiger partial charge in [-0.15, -0.1) is 0 Å². The van der Waals surface area contributed by atoms with Crippen molar-refractivity contribution in [2.45, 2.75) is 25.7 Å². The van der Waals surface area contributed by atoms with Crippen molar-refractivity contribution in [2.24, 2.45) is 5.73 Å². The maximum Gasteiger partial charge on any atom is 0.448 e. The maximum absolute atomic E-state index is 10.6. The van der Waals surface area contributed by atoms with Gasteiger partial charge in [-0.05, 0) is 19.4 Å². The van der Waals surface area contributed by atoms with Gasteiger partial charge in [-0.3, -0.25) is 9.35 Å². The van der Waals surface area contributed by atoms with Crippen LogP contribution < -0.4 is 5.73 Å². The molecule has 13 heavy (non-hydrogen) atoms. The van der Waals surface area contributed by atoms with Crippen LogP contribution in [0.15, 0.2) is 0 Å². The minimum atomic E-state index is -4.64. The molecule has 0 unspecified atom stereocenters. The Balaban J connectivity index is 3.53. The number of carbonyl (C=O) groups is 1. The highest BCUT2D eigenvalue weighted by Crippen LogP contribution is 2.01. The molecule has 0 atom stereocenters. The van der Waals surface area contributed by atoms with Crippen LogP contribution in [0.4, 0.5) is 0 Å². The lowest BCUT2D eigenvalue weighted by atomic mass is 10.2. The average Bonchev–Trinajstić information content (AvgIpc) is 1.94. The zero-order valence-electron chi connectivity index (χ0n) is 7.10. The molecule has 0 bridgehead atoms. The van der Waals surface area contributed by atoms with Gasteiger partial charge in [0.2, 0.25) is 0 Å². The summed E-state index contributed by atoms with van der Waals surface area (Å²) in [5.41, 5.74) is 5.20. The molecule has 0 aromatic rings. The molecule has 0 saturated heterocycles. The van der Waals surface area contributed by atoms with Crippen LogP contribution >= 0.6 is 0 Å². The van der Waals surface area contributed by atoms with Crippen LogP contribution in [0, 0.1) is 0 Å². The summed E-state index contributed by atoms with van der Waals surface area (Å²) in [5.74, 6) is -0.945. The molecule has 0 amide bonds. The number of unbranched alkanes of at least 4 members (excludes halogenated alkanes) is 2. The highest BCUT2D eigenvalue weighted by Gasteiger charge is 2.11. The highest BCUT2D eigenvalue weighted by molar-refractivity contribution is 7.81. The fraction of sp³-hybridized carbons (Fsp3) is 0.833. The zero-order chi connectivity index (χ0) is 10.3. The van der Waals surface area contributed by atoms with E-state index in [0.717, 1.165) is 12.8 Å². The third-order valence-corrected chi connectivity index (χ3v) is 1.68. The molecular formula is C6H13NO5S. The average molecular weight is 211 g/mol. The minimum absolute atomic E-state index is 0.0280. The molecule has 0 saturated carbocycles. The van der Waals surface area contributed by atoms with Gasteiger partial charge in [-0.1, -0.05) is 6.42 Å². The van der Waals surface area contributed by atoms with Crippen molar-refractivity contribution in [1.82, 2.24) is 0 Å². The van der Waals surface area contributed by atoms with Crippen LogP contribution in [0.1, 0.15) is 25.7 Å². The SMILES string of the molecule is NCCCCCC(=O)OS(=O)(=O)O. The monoisotopic (exact) mass is 211 g/mol. The quantitative estimate of drug-likeness (QED) is 0.467.